The summed E-state index contributed by atoms with van der Waals surface area (Å²) in [6, 6.07) is 13.0. The van der Waals surface area contributed by atoms with Gasteiger partial charge in [-0.3, -0.25) is 4.79 Å². The van der Waals surface area contributed by atoms with Gasteiger partial charge in [0.1, 0.15) is 24.1 Å². The number of aliphatic imine (C=N–C) groups is 1. The third kappa shape index (κ3) is 4.51. The number of hydrogen-bond donors (Lipinski definition) is 3. The van der Waals surface area contributed by atoms with Crippen molar-refractivity contribution < 1.29 is 9.90 Å². The number of nitrogens with two attached hydrogens (primary N) is 1. The summed E-state index contributed by atoms with van der Waals surface area (Å²) in [4.78, 5) is 23.3. The Morgan fingerprint density at radius 3 is 2.62 bits per heavy atom. The van der Waals surface area contributed by atoms with Gasteiger partial charge in [0, 0.05) is 35.8 Å². The van der Waals surface area contributed by atoms with E-state index in [-0.39, 0.29) is 24.4 Å². The first-order valence-corrected chi connectivity index (χ1v) is 11.0. The van der Waals surface area contributed by atoms with Gasteiger partial charge in [0.15, 0.2) is 0 Å². The molecule has 4 rings (SSSR count). The summed E-state index contributed by atoms with van der Waals surface area (Å²) in [7, 11) is 0. The summed E-state index contributed by atoms with van der Waals surface area (Å²) < 4.78 is 0. The monoisotopic (exact) mass is 431 g/mol. The lowest BCUT2D eigenvalue weighted by atomic mass is 10.0. The number of aryl methyl sites for hydroxylation is 1. The van der Waals surface area contributed by atoms with Crippen molar-refractivity contribution in [2.75, 3.05) is 16.9 Å². The van der Waals surface area contributed by atoms with Crippen molar-refractivity contribution >= 4 is 34.0 Å². The van der Waals surface area contributed by atoms with Gasteiger partial charge in [0.05, 0.1) is 0 Å². The molecule has 1 aliphatic rings. The second kappa shape index (κ2) is 9.26. The van der Waals surface area contributed by atoms with E-state index in [9.17, 15) is 9.90 Å². The number of anilines is 2. The number of phenols is 1. The fourth-order valence-corrected chi connectivity index (χ4v) is 4.43. The number of fused-ring (bicyclic) bond motifs is 1. The Morgan fingerprint density at radius 1 is 1.22 bits per heavy atom. The van der Waals surface area contributed by atoms with Crippen LogP contribution in [-0.2, 0) is 4.79 Å². The Kier molecular flexibility index (Phi) is 6.25. The summed E-state index contributed by atoms with van der Waals surface area (Å²) >= 11 is 0. The highest BCUT2D eigenvalue weighted by Crippen LogP contribution is 2.34. The molecule has 1 amide bonds. The van der Waals surface area contributed by atoms with Crippen LogP contribution in [0, 0.1) is 6.92 Å². The van der Waals surface area contributed by atoms with Crippen LogP contribution in [0.2, 0.25) is 0 Å². The molecule has 7 heteroatoms. The normalized spacial score (nSPS) is 14.6. The van der Waals surface area contributed by atoms with E-state index in [4.69, 9.17) is 5.73 Å². The summed E-state index contributed by atoms with van der Waals surface area (Å²) in [5.41, 5.74) is 8.82. The summed E-state index contributed by atoms with van der Waals surface area (Å²) in [6.07, 6.45) is 6.21. The van der Waals surface area contributed by atoms with E-state index in [1.54, 1.807) is 37.4 Å². The molecule has 0 atom stereocenters. The third-order valence-corrected chi connectivity index (χ3v) is 6.03. The average Bonchev–Trinajstić information content (AvgIpc) is 3.29. The van der Waals surface area contributed by atoms with Gasteiger partial charge in [-0.05, 0) is 73.2 Å². The standard InChI is InChI=1S/C25H29N5O2/c1-16-13-22-19(14-23(16)30(17(2)31)20-5-3-4-6-20)11-12-27-25(22)29-15-28-24(26)18-7-9-21(32)10-8-18/h7-14,20,32H,3-6,15H2,1-2H3,(H2,26,28)(H,27,29). The van der Waals surface area contributed by atoms with Crippen LogP contribution in [0.25, 0.3) is 10.8 Å². The zero-order valence-corrected chi connectivity index (χ0v) is 18.5. The van der Waals surface area contributed by atoms with Crippen molar-refractivity contribution in [3.8, 4) is 5.75 Å². The third-order valence-electron chi connectivity index (χ3n) is 6.03. The lowest BCUT2D eigenvalue weighted by Crippen LogP contribution is -2.37. The van der Waals surface area contributed by atoms with E-state index < -0.39 is 0 Å². The number of carbonyl (C=O) groups excluding carboxylic acids is 1. The van der Waals surface area contributed by atoms with Crippen molar-refractivity contribution in [2.24, 2.45) is 10.7 Å². The minimum Gasteiger partial charge on any atom is -0.508 e. The van der Waals surface area contributed by atoms with E-state index in [0.29, 0.717) is 5.84 Å². The Bertz CT molecular complexity index is 1150. The van der Waals surface area contributed by atoms with Gasteiger partial charge >= 0.3 is 0 Å². The highest BCUT2D eigenvalue weighted by molar-refractivity contribution is 6.00. The van der Waals surface area contributed by atoms with Crippen molar-refractivity contribution in [3.63, 3.8) is 0 Å². The van der Waals surface area contributed by atoms with E-state index >= 15 is 0 Å². The number of nitrogens with one attached hydrogen (secondary N) is 1. The SMILES string of the molecule is CC(=O)N(c1cc2ccnc(NCN=C(N)c3ccc(O)cc3)c2cc1C)C1CCCC1. The van der Waals surface area contributed by atoms with Crippen molar-refractivity contribution in [2.45, 2.75) is 45.6 Å². The molecule has 166 valence electrons. The summed E-state index contributed by atoms with van der Waals surface area (Å²) in [5.74, 6) is 1.37. The van der Waals surface area contributed by atoms with Gasteiger partial charge < -0.3 is 21.1 Å². The first-order valence-electron chi connectivity index (χ1n) is 11.0. The topological polar surface area (TPSA) is 104 Å². The summed E-state index contributed by atoms with van der Waals surface area (Å²) in [5, 5.41) is 14.6. The number of amides is 1. The van der Waals surface area contributed by atoms with Crippen LogP contribution in [-0.4, -0.2) is 34.5 Å². The Balaban J connectivity index is 1.58. The zero-order valence-electron chi connectivity index (χ0n) is 18.5. The number of hydrogen-bond acceptors (Lipinski definition) is 5. The maximum atomic E-state index is 12.5. The minimum atomic E-state index is 0.0887. The van der Waals surface area contributed by atoms with Crippen LogP contribution in [0.5, 0.6) is 5.75 Å². The highest BCUT2D eigenvalue weighted by Gasteiger charge is 2.27. The largest absolute Gasteiger partial charge is 0.508 e. The molecule has 0 spiro atoms. The number of rotatable bonds is 6. The molecule has 1 heterocycles. The van der Waals surface area contributed by atoms with Crippen LogP contribution in [0.3, 0.4) is 0 Å². The summed E-state index contributed by atoms with van der Waals surface area (Å²) in [6.45, 7) is 3.96. The molecule has 1 aliphatic carbocycles. The van der Waals surface area contributed by atoms with Crippen LogP contribution in [0.4, 0.5) is 11.5 Å². The lowest BCUT2D eigenvalue weighted by molar-refractivity contribution is -0.117. The number of aromatic nitrogens is 1. The number of aromatic hydroxyl groups is 1. The molecule has 1 aromatic heterocycles. The molecule has 4 N–H and O–H groups in total. The van der Waals surface area contributed by atoms with E-state index in [1.807, 2.05) is 17.9 Å². The van der Waals surface area contributed by atoms with Gasteiger partial charge in [0.25, 0.3) is 0 Å². The first kappa shape index (κ1) is 21.6. The molecule has 1 saturated carbocycles. The second-order valence-corrected chi connectivity index (χ2v) is 8.27. The molecule has 0 bridgehead atoms. The number of pyridine rings is 1. The second-order valence-electron chi connectivity index (χ2n) is 8.27. The first-order chi connectivity index (χ1) is 15.4. The fourth-order valence-electron chi connectivity index (χ4n) is 4.43. The van der Waals surface area contributed by atoms with Gasteiger partial charge in [-0.1, -0.05) is 12.8 Å². The molecule has 3 aromatic rings. The average molecular weight is 432 g/mol. The predicted molar refractivity (Wildman–Crippen MR) is 129 cm³/mol. The van der Waals surface area contributed by atoms with Crippen LogP contribution >= 0.6 is 0 Å². The Morgan fingerprint density at radius 2 is 1.94 bits per heavy atom. The molecular formula is C25H29N5O2. The molecule has 2 aromatic carbocycles. The molecule has 0 saturated heterocycles. The molecule has 1 fully saturated rings. The van der Waals surface area contributed by atoms with E-state index in [2.05, 4.69) is 27.4 Å². The van der Waals surface area contributed by atoms with Crippen LogP contribution in [0.15, 0.2) is 53.7 Å². The minimum absolute atomic E-state index is 0.0887. The van der Waals surface area contributed by atoms with E-state index in [0.717, 1.165) is 46.2 Å². The van der Waals surface area contributed by atoms with Crippen molar-refractivity contribution in [1.82, 2.24) is 4.98 Å². The number of amidine groups is 1. The number of phenolic OH excluding ortho intramolecular Hbond substituents is 1. The van der Waals surface area contributed by atoms with Gasteiger partial charge in [-0.25, -0.2) is 9.98 Å². The highest BCUT2D eigenvalue weighted by atomic mass is 16.3. The lowest BCUT2D eigenvalue weighted by Gasteiger charge is -2.30. The molecule has 0 radical (unpaired) electrons. The van der Waals surface area contributed by atoms with Gasteiger partial charge in [0.2, 0.25) is 5.91 Å². The predicted octanol–water partition coefficient (Wildman–Crippen LogP) is 4.32. The van der Waals surface area contributed by atoms with E-state index in [1.165, 1.54) is 12.8 Å². The smallest absolute Gasteiger partial charge is 0.224 e. The quantitative estimate of drug-likeness (QED) is 0.398. The molecule has 32 heavy (non-hydrogen) atoms. The maximum absolute atomic E-state index is 12.5. The number of benzene rings is 2. The molecule has 0 unspecified atom stereocenters. The zero-order chi connectivity index (χ0) is 22.7. The van der Waals surface area contributed by atoms with Crippen LogP contribution < -0.4 is 16.0 Å². The maximum Gasteiger partial charge on any atom is 0.224 e. The van der Waals surface area contributed by atoms with Crippen molar-refractivity contribution in [1.29, 1.82) is 0 Å². The molecule has 0 aliphatic heterocycles. The number of nitrogens with zero attached hydrogens (tertiary/aromatic N) is 3. The van der Waals surface area contributed by atoms with Crippen molar-refractivity contribution in [3.05, 3.63) is 59.8 Å². The Hall–Kier alpha value is -3.61. The van der Waals surface area contributed by atoms with Gasteiger partial charge in [-0.15, -0.1) is 0 Å². The fraction of sp³-hybridized carbons (Fsp3) is 0.320. The molecular weight excluding hydrogens is 402 g/mol. The molecule has 7 nitrogen and oxygen atoms in total. The van der Waals surface area contributed by atoms with Crippen LogP contribution in [0.1, 0.15) is 43.7 Å². The van der Waals surface area contributed by atoms with Gasteiger partial charge in [-0.2, -0.15) is 0 Å². The Labute approximate surface area is 188 Å². The number of carbonyl (C=O) groups is 1.